The lowest BCUT2D eigenvalue weighted by Gasteiger charge is -2.07. The Morgan fingerprint density at radius 2 is 2.11 bits per heavy atom. The summed E-state index contributed by atoms with van der Waals surface area (Å²) in [6.07, 6.45) is 0. The number of rotatable bonds is 6. The van der Waals surface area contributed by atoms with Crippen molar-refractivity contribution in [3.8, 4) is 0 Å². The summed E-state index contributed by atoms with van der Waals surface area (Å²) >= 11 is 0. The largest absolute Gasteiger partial charge is 0.477 e. The predicted molar refractivity (Wildman–Crippen MR) is 67.2 cm³/mol. The molecule has 0 spiro atoms. The Balaban J connectivity index is 2.87. The molecule has 0 fully saturated rings. The van der Waals surface area contributed by atoms with E-state index in [2.05, 4.69) is 10.6 Å². The van der Waals surface area contributed by atoms with Crippen molar-refractivity contribution in [2.75, 3.05) is 18.4 Å². The minimum atomic E-state index is -1.37. The van der Waals surface area contributed by atoms with E-state index in [0.717, 1.165) is 12.1 Å². The van der Waals surface area contributed by atoms with Crippen LogP contribution in [-0.4, -0.2) is 35.0 Å². The van der Waals surface area contributed by atoms with Gasteiger partial charge in [-0.3, -0.25) is 14.9 Å². The number of benzene rings is 1. The van der Waals surface area contributed by atoms with Gasteiger partial charge in [-0.25, -0.2) is 4.79 Å². The van der Waals surface area contributed by atoms with E-state index in [4.69, 9.17) is 5.11 Å². The highest BCUT2D eigenvalue weighted by atomic mass is 16.6. The van der Waals surface area contributed by atoms with Crippen LogP contribution >= 0.6 is 0 Å². The third-order valence-corrected chi connectivity index (χ3v) is 2.25. The van der Waals surface area contributed by atoms with Gasteiger partial charge < -0.3 is 15.7 Å². The first-order chi connectivity index (χ1) is 8.95. The molecule has 0 radical (unpaired) electrons. The normalized spacial score (nSPS) is 9.74. The minimum Gasteiger partial charge on any atom is -0.477 e. The topological polar surface area (TPSA) is 122 Å². The van der Waals surface area contributed by atoms with E-state index in [1.54, 1.807) is 6.92 Å². The first kappa shape index (κ1) is 14.4. The number of carboxylic acids is 1. The van der Waals surface area contributed by atoms with E-state index in [9.17, 15) is 19.7 Å². The van der Waals surface area contributed by atoms with Gasteiger partial charge in [0.05, 0.1) is 11.5 Å². The van der Waals surface area contributed by atoms with Gasteiger partial charge in [-0.15, -0.1) is 0 Å². The lowest BCUT2D eigenvalue weighted by molar-refractivity contribution is -0.385. The number of carbonyl (C=O) groups excluding carboxylic acids is 1. The average molecular weight is 267 g/mol. The van der Waals surface area contributed by atoms with Crippen molar-refractivity contribution < 1.29 is 19.6 Å². The van der Waals surface area contributed by atoms with E-state index in [-0.39, 0.29) is 12.5 Å². The fraction of sp³-hybridized carbons (Fsp3) is 0.273. The maximum absolute atomic E-state index is 11.2. The van der Waals surface area contributed by atoms with Gasteiger partial charge in [-0.2, -0.15) is 0 Å². The predicted octanol–water partition coefficient (Wildman–Crippen LogP) is 0.841. The zero-order valence-corrected chi connectivity index (χ0v) is 10.2. The van der Waals surface area contributed by atoms with Crippen molar-refractivity contribution in [2.24, 2.45) is 0 Å². The van der Waals surface area contributed by atoms with Gasteiger partial charge in [-0.05, 0) is 19.1 Å². The zero-order chi connectivity index (χ0) is 14.4. The van der Waals surface area contributed by atoms with Crippen molar-refractivity contribution in [1.29, 1.82) is 0 Å². The quantitative estimate of drug-likeness (QED) is 0.518. The van der Waals surface area contributed by atoms with Crippen LogP contribution in [0.15, 0.2) is 18.2 Å². The van der Waals surface area contributed by atoms with Crippen molar-refractivity contribution in [2.45, 2.75) is 6.92 Å². The van der Waals surface area contributed by atoms with Crippen molar-refractivity contribution in [1.82, 2.24) is 5.32 Å². The van der Waals surface area contributed by atoms with Crippen LogP contribution in [0.4, 0.5) is 11.4 Å². The fourth-order valence-corrected chi connectivity index (χ4v) is 1.42. The molecule has 102 valence electrons. The minimum absolute atomic E-state index is 0.0442. The van der Waals surface area contributed by atoms with Gasteiger partial charge in [0.25, 0.3) is 5.69 Å². The van der Waals surface area contributed by atoms with Crippen LogP contribution in [0.5, 0.6) is 0 Å². The SMILES string of the molecule is CCNC(=O)CNc1ccc(C(=O)O)c([N+](=O)[O-])c1. The number of carboxylic acid groups (broad SMARTS) is 1. The van der Waals surface area contributed by atoms with Crippen molar-refractivity contribution >= 4 is 23.3 Å². The van der Waals surface area contributed by atoms with Crippen molar-refractivity contribution in [3.05, 3.63) is 33.9 Å². The van der Waals surface area contributed by atoms with Crippen LogP contribution in [0, 0.1) is 10.1 Å². The van der Waals surface area contributed by atoms with Crippen LogP contribution < -0.4 is 10.6 Å². The monoisotopic (exact) mass is 267 g/mol. The molecule has 19 heavy (non-hydrogen) atoms. The number of nitro groups is 1. The van der Waals surface area contributed by atoms with Gasteiger partial charge in [0, 0.05) is 18.3 Å². The van der Waals surface area contributed by atoms with E-state index in [1.807, 2.05) is 0 Å². The highest BCUT2D eigenvalue weighted by Crippen LogP contribution is 2.23. The van der Waals surface area contributed by atoms with Crippen LogP contribution in [0.2, 0.25) is 0 Å². The highest BCUT2D eigenvalue weighted by molar-refractivity contribution is 5.93. The van der Waals surface area contributed by atoms with Gasteiger partial charge in [0.2, 0.25) is 5.91 Å². The first-order valence-electron chi connectivity index (χ1n) is 5.48. The number of likely N-dealkylation sites (N-methyl/N-ethyl adjacent to an activating group) is 1. The molecule has 8 nitrogen and oxygen atoms in total. The molecule has 1 aromatic carbocycles. The van der Waals surface area contributed by atoms with Gasteiger partial charge in [-0.1, -0.05) is 0 Å². The standard InChI is InChI=1S/C11H13N3O5/c1-2-12-10(15)6-13-7-3-4-8(11(16)17)9(5-7)14(18)19/h3-5,13H,2,6H2,1H3,(H,12,15)(H,16,17). The molecule has 3 N–H and O–H groups in total. The molecule has 0 saturated heterocycles. The maximum atomic E-state index is 11.2. The molecular weight excluding hydrogens is 254 g/mol. The summed E-state index contributed by atoms with van der Waals surface area (Å²) in [6, 6.07) is 3.58. The molecule has 1 aromatic rings. The van der Waals surface area contributed by atoms with Crippen LogP contribution in [0.3, 0.4) is 0 Å². The zero-order valence-electron chi connectivity index (χ0n) is 10.2. The molecule has 1 amide bonds. The molecule has 8 heteroatoms. The van der Waals surface area contributed by atoms with Gasteiger partial charge >= 0.3 is 5.97 Å². The van der Waals surface area contributed by atoms with Crippen molar-refractivity contribution in [3.63, 3.8) is 0 Å². The van der Waals surface area contributed by atoms with Gasteiger partial charge in [0.15, 0.2) is 0 Å². The molecule has 0 aliphatic heterocycles. The second-order valence-corrected chi connectivity index (χ2v) is 3.60. The lowest BCUT2D eigenvalue weighted by atomic mass is 10.1. The van der Waals surface area contributed by atoms with E-state index in [0.29, 0.717) is 12.2 Å². The summed E-state index contributed by atoms with van der Waals surface area (Å²) in [7, 11) is 0. The first-order valence-corrected chi connectivity index (χ1v) is 5.48. The van der Waals surface area contributed by atoms with Crippen LogP contribution in [-0.2, 0) is 4.79 Å². The Hall–Kier alpha value is -2.64. The number of hydrogen-bond acceptors (Lipinski definition) is 5. The second kappa shape index (κ2) is 6.34. The second-order valence-electron chi connectivity index (χ2n) is 3.60. The fourth-order valence-electron chi connectivity index (χ4n) is 1.42. The molecule has 0 aromatic heterocycles. The molecular formula is C11H13N3O5. The Morgan fingerprint density at radius 1 is 1.42 bits per heavy atom. The van der Waals surface area contributed by atoms with E-state index < -0.39 is 22.1 Å². The average Bonchev–Trinajstić information content (AvgIpc) is 2.36. The number of nitrogens with zero attached hydrogens (tertiary/aromatic N) is 1. The Labute approximate surface area is 108 Å². The number of anilines is 1. The molecule has 0 atom stereocenters. The van der Waals surface area contributed by atoms with E-state index in [1.165, 1.54) is 6.07 Å². The smallest absolute Gasteiger partial charge is 0.342 e. The maximum Gasteiger partial charge on any atom is 0.342 e. The number of carbonyl (C=O) groups is 2. The molecule has 0 aliphatic carbocycles. The molecule has 0 aliphatic rings. The number of nitro benzene ring substituents is 1. The summed E-state index contributed by atoms with van der Waals surface area (Å²) in [5.41, 5.74) is -0.607. The molecule has 0 saturated carbocycles. The third kappa shape index (κ3) is 3.95. The number of amides is 1. The summed E-state index contributed by atoms with van der Waals surface area (Å²) < 4.78 is 0. The lowest BCUT2D eigenvalue weighted by Crippen LogP contribution is -2.29. The summed E-state index contributed by atoms with van der Waals surface area (Å²) in [6.45, 7) is 2.21. The Morgan fingerprint density at radius 3 is 2.63 bits per heavy atom. The molecule has 0 unspecified atom stereocenters. The molecule has 0 heterocycles. The highest BCUT2D eigenvalue weighted by Gasteiger charge is 2.20. The summed E-state index contributed by atoms with van der Waals surface area (Å²) in [4.78, 5) is 32.0. The summed E-state index contributed by atoms with van der Waals surface area (Å²) in [5, 5.41) is 24.8. The Kier molecular flexibility index (Phi) is 4.81. The van der Waals surface area contributed by atoms with Crippen LogP contribution in [0.1, 0.15) is 17.3 Å². The summed E-state index contributed by atoms with van der Waals surface area (Å²) in [5.74, 6) is -1.63. The van der Waals surface area contributed by atoms with Gasteiger partial charge in [0.1, 0.15) is 5.56 Å². The number of aromatic carboxylic acids is 1. The number of hydrogen-bond donors (Lipinski definition) is 3. The third-order valence-electron chi connectivity index (χ3n) is 2.25. The Bertz CT molecular complexity index is 515. The van der Waals surface area contributed by atoms with E-state index >= 15 is 0 Å². The number of nitrogens with one attached hydrogen (secondary N) is 2. The van der Waals surface area contributed by atoms with Crippen LogP contribution in [0.25, 0.3) is 0 Å². The molecule has 1 rings (SSSR count). The molecule has 0 bridgehead atoms.